The monoisotopic (exact) mass is 284 g/mol. The first kappa shape index (κ1) is 16.0. The maximum absolute atomic E-state index is 10.9. The summed E-state index contributed by atoms with van der Waals surface area (Å²) < 4.78 is -0.229. The van der Waals surface area contributed by atoms with Gasteiger partial charge in [0, 0.05) is 24.3 Å². The van der Waals surface area contributed by atoms with Gasteiger partial charge in [0.05, 0.1) is 24.1 Å². The van der Waals surface area contributed by atoms with Crippen molar-refractivity contribution in [1.29, 1.82) is 0 Å². The Morgan fingerprint density at radius 2 is 1.65 bits per heavy atom. The smallest absolute Gasteiger partial charge is 0.269 e. The molecule has 1 rings (SSSR count). The van der Waals surface area contributed by atoms with Gasteiger partial charge in [-0.05, 0) is 0 Å². The predicted octanol–water partition coefficient (Wildman–Crippen LogP) is -1.36. The lowest BCUT2D eigenvalue weighted by Gasteiger charge is -2.37. The van der Waals surface area contributed by atoms with Crippen LogP contribution >= 0.6 is 0 Å². The highest BCUT2D eigenvalue weighted by molar-refractivity contribution is 5.70. The minimum absolute atomic E-state index is 0.0619. The van der Waals surface area contributed by atoms with E-state index < -0.39 is 17.4 Å². The van der Waals surface area contributed by atoms with Crippen LogP contribution in [0.5, 0.6) is 0 Å². The summed E-state index contributed by atoms with van der Waals surface area (Å²) in [6.45, 7) is -0.883. The Balaban J connectivity index is 3.19. The molecule has 110 valence electrons. The summed E-state index contributed by atoms with van der Waals surface area (Å²) in [5, 5.41) is 39.8. The molecule has 0 atom stereocenters. The van der Waals surface area contributed by atoms with Crippen LogP contribution in [0.15, 0.2) is 24.3 Å². The zero-order valence-electron chi connectivity index (χ0n) is 10.8. The molecule has 0 aromatic heterocycles. The number of non-ortho nitro benzene ring substituents is 1. The van der Waals surface area contributed by atoms with Gasteiger partial charge >= 0.3 is 0 Å². The third-order valence-corrected chi connectivity index (χ3v) is 3.10. The van der Waals surface area contributed by atoms with E-state index in [0.717, 1.165) is 0 Å². The third kappa shape index (κ3) is 3.73. The molecule has 8 nitrogen and oxygen atoms in total. The average Bonchev–Trinajstić information content (AvgIpc) is 2.38. The molecule has 0 bridgehead atoms. The molecule has 8 heteroatoms. The molecule has 0 heterocycles. The van der Waals surface area contributed by atoms with Crippen molar-refractivity contribution in [2.24, 2.45) is 0 Å². The second kappa shape index (κ2) is 6.94. The van der Waals surface area contributed by atoms with E-state index in [9.17, 15) is 20.0 Å². The van der Waals surface area contributed by atoms with Crippen LogP contribution in [0, 0.1) is 10.1 Å². The second-order valence-electron chi connectivity index (χ2n) is 4.34. The van der Waals surface area contributed by atoms with E-state index in [-0.39, 0.29) is 36.5 Å². The SMILES string of the molecule is O=C([O-])C[N+](CCO)(CCO)c1ccc([N+](=O)[O-])cc1. The van der Waals surface area contributed by atoms with Crippen LogP contribution in [0.3, 0.4) is 0 Å². The predicted molar refractivity (Wildman–Crippen MR) is 68.7 cm³/mol. The number of quaternary nitrogens is 1. The molecule has 0 saturated carbocycles. The van der Waals surface area contributed by atoms with Crippen LogP contribution < -0.4 is 9.59 Å². The van der Waals surface area contributed by atoms with Gasteiger partial charge in [0.1, 0.15) is 25.3 Å². The van der Waals surface area contributed by atoms with Gasteiger partial charge in [-0.1, -0.05) is 0 Å². The maximum atomic E-state index is 10.9. The van der Waals surface area contributed by atoms with Gasteiger partial charge in [-0.3, -0.25) is 14.6 Å². The first-order chi connectivity index (χ1) is 9.45. The summed E-state index contributed by atoms with van der Waals surface area (Å²) in [6.07, 6.45) is 0. The summed E-state index contributed by atoms with van der Waals surface area (Å²) in [5.41, 5.74) is 0.344. The van der Waals surface area contributed by atoms with Crippen LogP contribution in [0.1, 0.15) is 0 Å². The molecule has 0 aliphatic heterocycles. The Morgan fingerprint density at radius 1 is 1.15 bits per heavy atom. The van der Waals surface area contributed by atoms with E-state index in [1.165, 1.54) is 24.3 Å². The Bertz CT molecular complexity index is 467. The van der Waals surface area contributed by atoms with Crippen LogP contribution in [0.4, 0.5) is 11.4 Å². The zero-order chi connectivity index (χ0) is 15.2. The number of carboxylic acids is 1. The molecule has 0 amide bonds. The van der Waals surface area contributed by atoms with Crippen molar-refractivity contribution >= 4 is 17.3 Å². The summed E-state index contributed by atoms with van der Waals surface area (Å²) in [6, 6.07) is 5.36. The molecular formula is C12H16N2O6. The lowest BCUT2D eigenvalue weighted by atomic mass is 10.2. The first-order valence-electron chi connectivity index (χ1n) is 5.98. The number of carbonyl (C=O) groups is 1. The molecular weight excluding hydrogens is 268 g/mol. The number of nitrogens with zero attached hydrogens (tertiary/aromatic N) is 2. The normalized spacial score (nSPS) is 11.3. The second-order valence-corrected chi connectivity index (χ2v) is 4.34. The lowest BCUT2D eigenvalue weighted by molar-refractivity contribution is -0.384. The average molecular weight is 284 g/mol. The molecule has 2 N–H and O–H groups in total. The highest BCUT2D eigenvalue weighted by Crippen LogP contribution is 2.25. The molecule has 0 saturated heterocycles. The van der Waals surface area contributed by atoms with Crippen LogP contribution in [0.25, 0.3) is 0 Å². The molecule has 0 spiro atoms. The van der Waals surface area contributed by atoms with Crippen molar-refractivity contribution in [2.45, 2.75) is 0 Å². The van der Waals surface area contributed by atoms with Crippen molar-refractivity contribution in [1.82, 2.24) is 4.48 Å². The van der Waals surface area contributed by atoms with Gasteiger partial charge in [-0.2, -0.15) is 0 Å². The highest BCUT2D eigenvalue weighted by atomic mass is 16.6. The molecule has 1 aromatic rings. The number of hydrogen-bond acceptors (Lipinski definition) is 6. The van der Waals surface area contributed by atoms with Crippen molar-refractivity contribution in [3.63, 3.8) is 0 Å². The number of aliphatic carboxylic acids is 1. The van der Waals surface area contributed by atoms with E-state index >= 15 is 0 Å². The van der Waals surface area contributed by atoms with Gasteiger partial charge in [0.15, 0.2) is 0 Å². The highest BCUT2D eigenvalue weighted by Gasteiger charge is 2.30. The van der Waals surface area contributed by atoms with Gasteiger partial charge in [0.2, 0.25) is 0 Å². The first-order valence-corrected chi connectivity index (χ1v) is 5.98. The lowest BCUT2D eigenvalue weighted by Crippen LogP contribution is -2.58. The molecule has 1 aromatic carbocycles. The maximum Gasteiger partial charge on any atom is 0.269 e. The number of carboxylic acid groups (broad SMARTS) is 1. The Labute approximate surface area is 115 Å². The number of carbonyl (C=O) groups excluding carboxylic acids is 1. The third-order valence-electron chi connectivity index (χ3n) is 3.10. The Hall–Kier alpha value is -2.03. The number of benzene rings is 1. The van der Waals surface area contributed by atoms with Crippen molar-refractivity contribution in [3.05, 3.63) is 34.4 Å². The van der Waals surface area contributed by atoms with Crippen molar-refractivity contribution in [3.8, 4) is 0 Å². The molecule has 0 fully saturated rings. The minimum Gasteiger partial charge on any atom is -0.544 e. The summed E-state index contributed by atoms with van der Waals surface area (Å²) >= 11 is 0. The fourth-order valence-electron chi connectivity index (χ4n) is 2.14. The van der Waals surface area contributed by atoms with Gasteiger partial charge in [-0.25, -0.2) is 0 Å². The molecule has 0 aliphatic carbocycles. The topological polar surface area (TPSA) is 124 Å². The number of aliphatic hydroxyl groups excluding tert-OH is 2. The summed E-state index contributed by atoms with van der Waals surface area (Å²) in [7, 11) is 0. The van der Waals surface area contributed by atoms with Crippen LogP contribution in [-0.4, -0.2) is 54.0 Å². The van der Waals surface area contributed by atoms with Crippen LogP contribution in [-0.2, 0) is 4.79 Å². The molecule has 20 heavy (non-hydrogen) atoms. The molecule has 0 aliphatic rings. The zero-order valence-corrected chi connectivity index (χ0v) is 10.8. The largest absolute Gasteiger partial charge is 0.544 e. The fourth-order valence-corrected chi connectivity index (χ4v) is 2.14. The number of nitro groups is 1. The number of rotatable bonds is 8. The van der Waals surface area contributed by atoms with Crippen molar-refractivity contribution < 1.29 is 25.0 Å². The Morgan fingerprint density at radius 3 is 2.00 bits per heavy atom. The minimum atomic E-state index is -1.33. The quantitative estimate of drug-likeness (QED) is 0.345. The molecule has 0 unspecified atom stereocenters. The van der Waals surface area contributed by atoms with E-state index in [4.69, 9.17) is 10.2 Å². The number of aliphatic hydroxyl groups is 2. The van der Waals surface area contributed by atoms with Crippen LogP contribution in [0.2, 0.25) is 0 Å². The standard InChI is InChI=1S/C12H16N2O6/c15-7-5-14(6-8-16,9-12(17)18)11-3-1-10(2-4-11)13(19)20/h1-4,15-16H,5-9H2. The summed E-state index contributed by atoms with van der Waals surface area (Å²) in [5.74, 6) is -1.33. The van der Waals surface area contributed by atoms with Gasteiger partial charge < -0.3 is 20.1 Å². The Kier molecular flexibility index (Phi) is 5.56. The van der Waals surface area contributed by atoms with E-state index in [1.807, 2.05) is 0 Å². The number of hydrogen-bond donors (Lipinski definition) is 2. The van der Waals surface area contributed by atoms with E-state index in [2.05, 4.69) is 0 Å². The summed E-state index contributed by atoms with van der Waals surface area (Å²) in [4.78, 5) is 21.0. The molecule has 0 radical (unpaired) electrons. The fraction of sp³-hybridized carbons (Fsp3) is 0.417. The van der Waals surface area contributed by atoms with Crippen molar-refractivity contribution in [2.75, 3.05) is 32.8 Å². The number of nitro benzene ring substituents is 1. The van der Waals surface area contributed by atoms with Gasteiger partial charge in [0.25, 0.3) is 5.69 Å². The van der Waals surface area contributed by atoms with Gasteiger partial charge in [-0.15, -0.1) is 0 Å². The van der Waals surface area contributed by atoms with E-state index in [0.29, 0.717) is 5.69 Å². The van der Waals surface area contributed by atoms with E-state index in [1.54, 1.807) is 0 Å².